The van der Waals surface area contributed by atoms with Gasteiger partial charge in [-0.05, 0) is 35.9 Å². The van der Waals surface area contributed by atoms with E-state index in [2.05, 4.69) is 5.32 Å². The monoisotopic (exact) mass is 455 g/mol. The first kappa shape index (κ1) is 22.3. The van der Waals surface area contributed by atoms with E-state index in [1.165, 1.54) is 38.5 Å². The van der Waals surface area contributed by atoms with Crippen LogP contribution in [-0.2, 0) is 14.3 Å². The highest BCUT2D eigenvalue weighted by atomic mass is 19.1. The summed E-state index contributed by atoms with van der Waals surface area (Å²) in [5.74, 6) is -1.55. The van der Waals surface area contributed by atoms with Crippen molar-refractivity contribution in [3.63, 3.8) is 0 Å². The number of nitrogens with zero attached hydrogens (tertiary/aromatic N) is 2. The molecular formula is C23H22FN3O6. The predicted octanol–water partition coefficient (Wildman–Crippen LogP) is 2.35. The zero-order valence-corrected chi connectivity index (χ0v) is 18.1. The number of anilines is 2. The van der Waals surface area contributed by atoms with Crippen molar-refractivity contribution in [3.8, 4) is 11.5 Å². The fourth-order valence-electron chi connectivity index (χ4n) is 3.69. The van der Waals surface area contributed by atoms with E-state index in [9.17, 15) is 18.8 Å². The Labute approximate surface area is 189 Å². The molecular weight excluding hydrogens is 433 g/mol. The van der Waals surface area contributed by atoms with Crippen LogP contribution in [0.2, 0.25) is 0 Å². The second-order valence-electron chi connectivity index (χ2n) is 7.31. The van der Waals surface area contributed by atoms with Crippen molar-refractivity contribution in [1.29, 1.82) is 0 Å². The van der Waals surface area contributed by atoms with E-state index < -0.39 is 23.7 Å². The zero-order valence-electron chi connectivity index (χ0n) is 18.1. The Bertz CT molecular complexity index is 1140. The summed E-state index contributed by atoms with van der Waals surface area (Å²) in [6.45, 7) is 2.16. The Hall–Kier alpha value is -3.92. The van der Waals surface area contributed by atoms with E-state index in [0.29, 0.717) is 43.3 Å². The maximum atomic E-state index is 14.8. The molecule has 2 heterocycles. The molecule has 9 nitrogen and oxygen atoms in total. The van der Waals surface area contributed by atoms with Crippen molar-refractivity contribution < 1.29 is 33.0 Å². The second kappa shape index (κ2) is 9.29. The van der Waals surface area contributed by atoms with E-state index >= 15 is 0 Å². The van der Waals surface area contributed by atoms with Gasteiger partial charge in [0.2, 0.25) is 0 Å². The van der Waals surface area contributed by atoms with Gasteiger partial charge in [0.1, 0.15) is 22.9 Å². The van der Waals surface area contributed by atoms with Gasteiger partial charge in [-0.1, -0.05) is 6.07 Å². The molecule has 33 heavy (non-hydrogen) atoms. The van der Waals surface area contributed by atoms with Gasteiger partial charge in [0.15, 0.2) is 0 Å². The Kier molecular flexibility index (Phi) is 6.27. The normalized spacial score (nSPS) is 17.9. The molecule has 4 rings (SSSR count). The van der Waals surface area contributed by atoms with Gasteiger partial charge in [-0.15, -0.1) is 0 Å². The minimum atomic E-state index is -0.917. The quantitative estimate of drug-likeness (QED) is 0.546. The number of imide groups is 2. The molecule has 2 aliphatic heterocycles. The summed E-state index contributed by atoms with van der Waals surface area (Å²) in [7, 11) is 2.85. The van der Waals surface area contributed by atoms with Crippen molar-refractivity contribution in [1.82, 2.24) is 5.32 Å². The number of halogens is 1. The molecule has 172 valence electrons. The van der Waals surface area contributed by atoms with Crippen molar-refractivity contribution >= 4 is 35.3 Å². The minimum Gasteiger partial charge on any atom is -0.497 e. The van der Waals surface area contributed by atoms with Crippen LogP contribution < -0.4 is 24.6 Å². The first-order chi connectivity index (χ1) is 15.9. The summed E-state index contributed by atoms with van der Waals surface area (Å²) >= 11 is 0. The number of carbonyl (C=O) groups excluding carboxylic acids is 3. The maximum absolute atomic E-state index is 14.8. The maximum Gasteiger partial charge on any atom is 0.336 e. The molecule has 2 aromatic carbocycles. The highest BCUT2D eigenvalue weighted by molar-refractivity contribution is 6.39. The molecule has 0 unspecified atom stereocenters. The summed E-state index contributed by atoms with van der Waals surface area (Å²) in [5, 5.41) is 2.14. The van der Waals surface area contributed by atoms with Crippen LogP contribution in [0.15, 0.2) is 42.0 Å². The number of hydrogen-bond donors (Lipinski definition) is 1. The summed E-state index contributed by atoms with van der Waals surface area (Å²) in [6.07, 6.45) is 1.25. The average Bonchev–Trinajstić information content (AvgIpc) is 2.82. The third-order valence-corrected chi connectivity index (χ3v) is 5.36. The number of morpholine rings is 1. The Morgan fingerprint density at radius 3 is 2.39 bits per heavy atom. The SMILES string of the molecule is COc1ccc(N2C(=O)NC(=O)C(=Cc3ccc(N4CCOCC4)c(F)c3)C2=O)c(OC)c1. The molecule has 4 amide bonds. The molecule has 0 aliphatic carbocycles. The highest BCUT2D eigenvalue weighted by Crippen LogP contribution is 2.34. The van der Waals surface area contributed by atoms with Crippen LogP contribution in [0.3, 0.4) is 0 Å². The number of rotatable bonds is 5. The molecule has 0 spiro atoms. The smallest absolute Gasteiger partial charge is 0.336 e. The van der Waals surface area contributed by atoms with Crippen molar-refractivity contribution in [3.05, 3.63) is 53.4 Å². The van der Waals surface area contributed by atoms with Gasteiger partial charge in [-0.3, -0.25) is 14.9 Å². The lowest BCUT2D eigenvalue weighted by atomic mass is 10.1. The summed E-state index contributed by atoms with van der Waals surface area (Å²) in [6, 6.07) is 8.06. The summed E-state index contributed by atoms with van der Waals surface area (Å²) in [4.78, 5) is 40.7. The third-order valence-electron chi connectivity index (χ3n) is 5.36. The van der Waals surface area contributed by atoms with Crippen LogP contribution >= 0.6 is 0 Å². The van der Waals surface area contributed by atoms with Crippen LogP contribution in [-0.4, -0.2) is 58.4 Å². The number of methoxy groups -OCH3 is 2. The fraction of sp³-hybridized carbons (Fsp3) is 0.261. The zero-order chi connectivity index (χ0) is 23.5. The lowest BCUT2D eigenvalue weighted by Crippen LogP contribution is -2.54. The van der Waals surface area contributed by atoms with Gasteiger partial charge >= 0.3 is 6.03 Å². The Balaban J connectivity index is 1.66. The molecule has 10 heteroatoms. The lowest BCUT2D eigenvalue weighted by molar-refractivity contribution is -0.122. The Morgan fingerprint density at radius 2 is 1.73 bits per heavy atom. The van der Waals surface area contributed by atoms with Crippen molar-refractivity contribution in [2.45, 2.75) is 0 Å². The molecule has 2 aliphatic rings. The van der Waals surface area contributed by atoms with Crippen LogP contribution in [0.25, 0.3) is 6.08 Å². The van der Waals surface area contributed by atoms with Gasteiger partial charge in [0.05, 0.1) is 38.8 Å². The standard InChI is InChI=1S/C23H22FN3O6/c1-31-15-4-6-19(20(13-15)32-2)27-22(29)16(21(28)25-23(27)30)11-14-3-5-18(17(24)12-14)26-7-9-33-10-8-26/h3-6,11-13H,7-10H2,1-2H3,(H,25,28,30). The van der Waals surface area contributed by atoms with E-state index in [-0.39, 0.29) is 17.0 Å². The average molecular weight is 455 g/mol. The lowest BCUT2D eigenvalue weighted by Gasteiger charge is -2.29. The highest BCUT2D eigenvalue weighted by Gasteiger charge is 2.38. The van der Waals surface area contributed by atoms with Crippen LogP contribution in [0.5, 0.6) is 11.5 Å². The molecule has 0 aromatic heterocycles. The molecule has 0 radical (unpaired) electrons. The molecule has 0 saturated carbocycles. The number of hydrogen-bond acceptors (Lipinski definition) is 7. The molecule has 0 bridgehead atoms. The van der Waals surface area contributed by atoms with Crippen LogP contribution in [0.1, 0.15) is 5.56 Å². The van der Waals surface area contributed by atoms with E-state index in [0.717, 1.165) is 4.90 Å². The third kappa shape index (κ3) is 4.37. The summed E-state index contributed by atoms with van der Waals surface area (Å²) < 4.78 is 30.5. The number of carbonyl (C=O) groups is 3. The summed E-state index contributed by atoms with van der Waals surface area (Å²) in [5.41, 5.74) is 0.540. The van der Waals surface area contributed by atoms with Crippen LogP contribution in [0.4, 0.5) is 20.6 Å². The van der Waals surface area contributed by atoms with E-state index in [1.807, 2.05) is 4.90 Å². The number of barbiturate groups is 1. The number of benzene rings is 2. The first-order valence-electron chi connectivity index (χ1n) is 10.2. The largest absolute Gasteiger partial charge is 0.497 e. The molecule has 1 N–H and O–H groups in total. The number of urea groups is 1. The van der Waals surface area contributed by atoms with Gasteiger partial charge in [-0.2, -0.15) is 0 Å². The number of nitrogens with one attached hydrogen (secondary N) is 1. The second-order valence-corrected chi connectivity index (χ2v) is 7.31. The Morgan fingerprint density at radius 1 is 1.00 bits per heavy atom. The number of ether oxygens (including phenoxy) is 3. The minimum absolute atomic E-state index is 0.132. The van der Waals surface area contributed by atoms with E-state index in [1.54, 1.807) is 18.2 Å². The van der Waals surface area contributed by atoms with Gasteiger partial charge in [-0.25, -0.2) is 14.1 Å². The fourth-order valence-corrected chi connectivity index (χ4v) is 3.69. The first-order valence-corrected chi connectivity index (χ1v) is 10.2. The van der Waals surface area contributed by atoms with E-state index in [4.69, 9.17) is 14.2 Å². The van der Waals surface area contributed by atoms with Crippen molar-refractivity contribution in [2.24, 2.45) is 0 Å². The van der Waals surface area contributed by atoms with Crippen molar-refractivity contribution in [2.75, 3.05) is 50.3 Å². The molecule has 2 fully saturated rings. The molecule has 2 saturated heterocycles. The van der Waals surface area contributed by atoms with Gasteiger partial charge in [0, 0.05) is 19.2 Å². The number of amides is 4. The predicted molar refractivity (Wildman–Crippen MR) is 118 cm³/mol. The molecule has 2 aromatic rings. The van der Waals surface area contributed by atoms with Gasteiger partial charge in [0.25, 0.3) is 11.8 Å². The topological polar surface area (TPSA) is 97.4 Å². The van der Waals surface area contributed by atoms with Crippen LogP contribution in [0, 0.1) is 5.82 Å². The molecule has 0 atom stereocenters. The van der Waals surface area contributed by atoms with Gasteiger partial charge < -0.3 is 19.1 Å².